The fourth-order valence-corrected chi connectivity index (χ4v) is 2.92. The molecule has 0 atom stereocenters. The Balaban J connectivity index is 1.69. The van der Waals surface area contributed by atoms with Crippen LogP contribution >= 0.6 is 0 Å². The van der Waals surface area contributed by atoms with E-state index >= 15 is 0 Å². The first kappa shape index (κ1) is 21.2. The predicted octanol–water partition coefficient (Wildman–Crippen LogP) is 4.31. The molecule has 0 fully saturated rings. The highest BCUT2D eigenvalue weighted by atomic mass is 16.5. The second-order valence-corrected chi connectivity index (χ2v) is 8.09. The van der Waals surface area contributed by atoms with Gasteiger partial charge in [0.1, 0.15) is 12.9 Å². The molecule has 0 radical (unpaired) electrons. The maximum atomic E-state index is 11.8. The standard InChI is InChI=1S/C23H25N3O4/c1-23(2,3)16-6-4-15(5-7-16)13-30-22-18-9-8-17(12-19(18)24-14-25-22)26-20(27)10-11-21(28)29/h4-9,12,14H,10-11,13H2,1-3H3,(H,26,27)(H,28,29). The van der Waals surface area contributed by atoms with Crippen molar-refractivity contribution < 1.29 is 19.4 Å². The predicted molar refractivity (Wildman–Crippen MR) is 115 cm³/mol. The quantitative estimate of drug-likeness (QED) is 0.605. The van der Waals surface area contributed by atoms with Crippen molar-refractivity contribution in [3.05, 3.63) is 59.9 Å². The lowest BCUT2D eigenvalue weighted by Crippen LogP contribution is -2.13. The Bertz CT molecular complexity index is 1060. The summed E-state index contributed by atoms with van der Waals surface area (Å²) in [5, 5.41) is 12.1. The van der Waals surface area contributed by atoms with Gasteiger partial charge in [0.25, 0.3) is 0 Å². The van der Waals surface area contributed by atoms with Crippen LogP contribution in [0.25, 0.3) is 10.9 Å². The summed E-state index contributed by atoms with van der Waals surface area (Å²) in [4.78, 5) is 30.9. The van der Waals surface area contributed by atoms with Gasteiger partial charge in [0.05, 0.1) is 17.3 Å². The lowest BCUT2D eigenvalue weighted by atomic mass is 9.87. The molecule has 0 spiro atoms. The number of carbonyl (C=O) groups is 2. The summed E-state index contributed by atoms with van der Waals surface area (Å²) < 4.78 is 5.91. The monoisotopic (exact) mass is 407 g/mol. The molecule has 0 aliphatic heterocycles. The van der Waals surface area contributed by atoms with Gasteiger partial charge in [-0.2, -0.15) is 0 Å². The fraction of sp³-hybridized carbons (Fsp3) is 0.304. The summed E-state index contributed by atoms with van der Waals surface area (Å²) in [5.74, 6) is -0.907. The number of nitrogens with one attached hydrogen (secondary N) is 1. The van der Waals surface area contributed by atoms with E-state index in [-0.39, 0.29) is 24.2 Å². The number of rotatable bonds is 7. The second kappa shape index (κ2) is 8.90. The van der Waals surface area contributed by atoms with E-state index in [0.717, 1.165) is 10.9 Å². The van der Waals surface area contributed by atoms with Gasteiger partial charge < -0.3 is 15.2 Å². The van der Waals surface area contributed by atoms with E-state index in [1.165, 1.54) is 11.9 Å². The summed E-state index contributed by atoms with van der Waals surface area (Å²) in [6.07, 6.45) is 1.12. The highest BCUT2D eigenvalue weighted by molar-refractivity contribution is 5.95. The van der Waals surface area contributed by atoms with Gasteiger partial charge in [0.15, 0.2) is 0 Å². The molecule has 1 heterocycles. The number of hydrogen-bond donors (Lipinski definition) is 2. The Hall–Kier alpha value is -3.48. The van der Waals surface area contributed by atoms with Crippen molar-refractivity contribution in [2.45, 2.75) is 45.6 Å². The zero-order chi connectivity index (χ0) is 21.7. The maximum Gasteiger partial charge on any atom is 0.303 e. The molecule has 0 saturated heterocycles. The molecule has 1 aromatic heterocycles. The lowest BCUT2D eigenvalue weighted by Gasteiger charge is -2.19. The number of carbonyl (C=O) groups excluding carboxylic acids is 1. The van der Waals surface area contributed by atoms with E-state index in [2.05, 4.69) is 60.3 Å². The molecule has 0 aliphatic rings. The van der Waals surface area contributed by atoms with Crippen LogP contribution in [-0.4, -0.2) is 27.0 Å². The van der Waals surface area contributed by atoms with Crippen molar-refractivity contribution in [2.75, 3.05) is 5.32 Å². The first-order chi connectivity index (χ1) is 14.2. The molecule has 1 amide bonds. The van der Waals surface area contributed by atoms with Gasteiger partial charge in [-0.05, 0) is 34.7 Å². The first-order valence-electron chi connectivity index (χ1n) is 9.71. The molecule has 2 aromatic carbocycles. The van der Waals surface area contributed by atoms with Crippen molar-refractivity contribution in [3.63, 3.8) is 0 Å². The highest BCUT2D eigenvalue weighted by Crippen LogP contribution is 2.26. The molecule has 30 heavy (non-hydrogen) atoms. The Morgan fingerprint density at radius 3 is 2.43 bits per heavy atom. The molecule has 3 aromatic rings. The molecule has 156 valence electrons. The molecular formula is C23H25N3O4. The van der Waals surface area contributed by atoms with Gasteiger partial charge in [-0.3, -0.25) is 9.59 Å². The van der Waals surface area contributed by atoms with E-state index in [1.807, 2.05) is 0 Å². The SMILES string of the molecule is CC(C)(C)c1ccc(COc2ncnc3cc(NC(=O)CCC(=O)O)ccc23)cc1. The zero-order valence-electron chi connectivity index (χ0n) is 17.3. The molecule has 7 nitrogen and oxygen atoms in total. The molecule has 0 unspecified atom stereocenters. The highest BCUT2D eigenvalue weighted by Gasteiger charge is 2.13. The van der Waals surface area contributed by atoms with E-state index in [9.17, 15) is 9.59 Å². The molecule has 3 rings (SSSR count). The van der Waals surface area contributed by atoms with Gasteiger partial charge >= 0.3 is 5.97 Å². The van der Waals surface area contributed by atoms with E-state index in [0.29, 0.717) is 23.7 Å². The third kappa shape index (κ3) is 5.53. The normalized spacial score (nSPS) is 11.3. The Morgan fingerprint density at radius 2 is 1.77 bits per heavy atom. The number of anilines is 1. The number of hydrogen-bond acceptors (Lipinski definition) is 5. The lowest BCUT2D eigenvalue weighted by molar-refractivity contribution is -0.138. The van der Waals surface area contributed by atoms with Gasteiger partial charge in [-0.15, -0.1) is 0 Å². The van der Waals surface area contributed by atoms with E-state index in [4.69, 9.17) is 9.84 Å². The van der Waals surface area contributed by atoms with Crippen molar-refractivity contribution in [1.29, 1.82) is 0 Å². The number of amides is 1. The van der Waals surface area contributed by atoms with Gasteiger partial charge in [0, 0.05) is 12.1 Å². The molecule has 0 bridgehead atoms. The van der Waals surface area contributed by atoms with Crippen LogP contribution in [0.5, 0.6) is 5.88 Å². The number of nitrogens with zero attached hydrogens (tertiary/aromatic N) is 2. The van der Waals surface area contributed by atoms with Crippen LogP contribution in [0.15, 0.2) is 48.8 Å². The van der Waals surface area contributed by atoms with Crippen molar-refractivity contribution in [1.82, 2.24) is 9.97 Å². The van der Waals surface area contributed by atoms with E-state index in [1.54, 1.807) is 18.2 Å². The van der Waals surface area contributed by atoms with Crippen LogP contribution in [0, 0.1) is 0 Å². The third-order valence-corrected chi connectivity index (χ3v) is 4.65. The number of carboxylic acid groups (broad SMARTS) is 1. The van der Waals surface area contributed by atoms with Crippen molar-refractivity contribution >= 4 is 28.5 Å². The topological polar surface area (TPSA) is 101 Å². The molecule has 7 heteroatoms. The van der Waals surface area contributed by atoms with Crippen molar-refractivity contribution in [3.8, 4) is 5.88 Å². The second-order valence-electron chi connectivity index (χ2n) is 8.09. The smallest absolute Gasteiger partial charge is 0.303 e. The minimum absolute atomic E-state index is 0.0838. The van der Waals surface area contributed by atoms with Crippen molar-refractivity contribution in [2.24, 2.45) is 0 Å². The maximum absolute atomic E-state index is 11.8. The first-order valence-corrected chi connectivity index (χ1v) is 9.71. The van der Waals surface area contributed by atoms with Crippen LogP contribution in [0.2, 0.25) is 0 Å². The molecule has 0 aliphatic carbocycles. The number of aromatic nitrogens is 2. The van der Waals surface area contributed by atoms with Gasteiger partial charge in [-0.1, -0.05) is 45.0 Å². The van der Waals surface area contributed by atoms with E-state index < -0.39 is 5.97 Å². The Morgan fingerprint density at radius 1 is 1.03 bits per heavy atom. The van der Waals surface area contributed by atoms with Crippen LogP contribution in [0.4, 0.5) is 5.69 Å². The van der Waals surface area contributed by atoms with Crippen LogP contribution in [0.1, 0.15) is 44.7 Å². The average molecular weight is 407 g/mol. The number of carboxylic acids is 1. The molecular weight excluding hydrogens is 382 g/mol. The number of benzene rings is 2. The Kier molecular flexibility index (Phi) is 6.30. The van der Waals surface area contributed by atoms with Gasteiger partial charge in [0.2, 0.25) is 11.8 Å². The largest absolute Gasteiger partial charge is 0.481 e. The summed E-state index contributed by atoms with van der Waals surface area (Å²) in [7, 11) is 0. The summed E-state index contributed by atoms with van der Waals surface area (Å²) in [6.45, 7) is 6.90. The number of fused-ring (bicyclic) bond motifs is 1. The van der Waals surface area contributed by atoms with Crippen LogP contribution < -0.4 is 10.1 Å². The zero-order valence-corrected chi connectivity index (χ0v) is 17.3. The fourth-order valence-electron chi connectivity index (χ4n) is 2.92. The summed E-state index contributed by atoms with van der Waals surface area (Å²) >= 11 is 0. The third-order valence-electron chi connectivity index (χ3n) is 4.65. The molecule has 2 N–H and O–H groups in total. The average Bonchev–Trinajstić information content (AvgIpc) is 2.70. The van der Waals surface area contributed by atoms with Crippen LogP contribution in [-0.2, 0) is 21.6 Å². The summed E-state index contributed by atoms with van der Waals surface area (Å²) in [5.41, 5.74) is 3.57. The minimum Gasteiger partial charge on any atom is -0.481 e. The van der Waals surface area contributed by atoms with Gasteiger partial charge in [-0.25, -0.2) is 9.97 Å². The number of ether oxygens (including phenoxy) is 1. The summed E-state index contributed by atoms with van der Waals surface area (Å²) in [6, 6.07) is 13.5. The Labute approximate surface area is 175 Å². The van der Waals surface area contributed by atoms with Crippen LogP contribution in [0.3, 0.4) is 0 Å². The minimum atomic E-state index is -1.01. The number of aliphatic carboxylic acids is 1. The molecule has 0 saturated carbocycles.